The molecule has 0 aliphatic heterocycles. The SMILES string of the molecule is CCOC(=O)CSC(C)C(=O)Nc1cccc(N)c1C. The molecule has 0 aromatic heterocycles. The first-order chi connectivity index (χ1) is 9.45. The van der Waals surface area contributed by atoms with Crippen LogP contribution in [0.3, 0.4) is 0 Å². The summed E-state index contributed by atoms with van der Waals surface area (Å²) in [5, 5.41) is 2.47. The molecule has 3 N–H and O–H groups in total. The van der Waals surface area contributed by atoms with E-state index in [1.54, 1.807) is 32.0 Å². The lowest BCUT2D eigenvalue weighted by molar-refractivity contribution is -0.139. The molecule has 0 spiro atoms. The second kappa shape index (κ2) is 7.79. The highest BCUT2D eigenvalue weighted by Crippen LogP contribution is 2.22. The number of hydrogen-bond donors (Lipinski definition) is 2. The molecule has 0 aliphatic carbocycles. The first-order valence-electron chi connectivity index (χ1n) is 6.38. The predicted octanol–water partition coefficient (Wildman–Crippen LogP) is 2.20. The molecule has 0 aliphatic rings. The van der Waals surface area contributed by atoms with Crippen LogP contribution in [0, 0.1) is 6.92 Å². The summed E-state index contributed by atoms with van der Waals surface area (Å²) < 4.78 is 4.82. The Kier molecular flexibility index (Phi) is 6.38. The molecule has 1 aromatic rings. The minimum atomic E-state index is -0.347. The zero-order valence-corrected chi connectivity index (χ0v) is 12.8. The molecule has 5 nitrogen and oxygen atoms in total. The van der Waals surface area contributed by atoms with Gasteiger partial charge in [0.2, 0.25) is 5.91 Å². The number of hydrogen-bond acceptors (Lipinski definition) is 5. The average Bonchev–Trinajstić information content (AvgIpc) is 2.41. The van der Waals surface area contributed by atoms with Crippen molar-refractivity contribution in [3.63, 3.8) is 0 Å². The van der Waals surface area contributed by atoms with Crippen LogP contribution in [-0.2, 0) is 14.3 Å². The Bertz CT molecular complexity index is 491. The monoisotopic (exact) mass is 296 g/mol. The molecular formula is C14H20N2O3S. The number of ether oxygens (including phenoxy) is 1. The molecule has 1 rings (SSSR count). The lowest BCUT2D eigenvalue weighted by Gasteiger charge is -2.14. The van der Waals surface area contributed by atoms with Gasteiger partial charge in [0.15, 0.2) is 0 Å². The van der Waals surface area contributed by atoms with Crippen LogP contribution >= 0.6 is 11.8 Å². The molecule has 20 heavy (non-hydrogen) atoms. The quantitative estimate of drug-likeness (QED) is 0.621. The number of esters is 1. The fourth-order valence-corrected chi connectivity index (χ4v) is 2.17. The van der Waals surface area contributed by atoms with Crippen LogP contribution in [0.4, 0.5) is 11.4 Å². The Morgan fingerprint density at radius 2 is 2.15 bits per heavy atom. The zero-order valence-electron chi connectivity index (χ0n) is 11.9. The fourth-order valence-electron chi connectivity index (χ4n) is 1.49. The highest BCUT2D eigenvalue weighted by atomic mass is 32.2. The van der Waals surface area contributed by atoms with E-state index in [1.165, 1.54) is 11.8 Å². The van der Waals surface area contributed by atoms with Crippen LogP contribution in [0.25, 0.3) is 0 Å². The molecule has 0 saturated heterocycles. The second-order valence-corrected chi connectivity index (χ2v) is 5.60. The van der Waals surface area contributed by atoms with Gasteiger partial charge in [0.05, 0.1) is 17.6 Å². The van der Waals surface area contributed by atoms with Crippen molar-refractivity contribution in [1.29, 1.82) is 0 Å². The van der Waals surface area contributed by atoms with Crippen LogP contribution in [-0.4, -0.2) is 29.5 Å². The fraction of sp³-hybridized carbons (Fsp3) is 0.429. The maximum absolute atomic E-state index is 12.0. The van der Waals surface area contributed by atoms with Crippen LogP contribution < -0.4 is 11.1 Å². The van der Waals surface area contributed by atoms with E-state index in [2.05, 4.69) is 5.32 Å². The van der Waals surface area contributed by atoms with E-state index >= 15 is 0 Å². The van der Waals surface area contributed by atoms with Crippen molar-refractivity contribution in [2.75, 3.05) is 23.4 Å². The van der Waals surface area contributed by atoms with Crippen molar-refractivity contribution in [2.24, 2.45) is 0 Å². The molecule has 1 atom stereocenters. The minimum absolute atomic E-state index is 0.159. The van der Waals surface area contributed by atoms with Crippen molar-refractivity contribution in [1.82, 2.24) is 0 Å². The van der Waals surface area contributed by atoms with Crippen LogP contribution in [0.15, 0.2) is 18.2 Å². The van der Waals surface area contributed by atoms with Crippen LogP contribution in [0.5, 0.6) is 0 Å². The summed E-state index contributed by atoms with van der Waals surface area (Å²) in [5.41, 5.74) is 7.95. The van der Waals surface area contributed by atoms with Gasteiger partial charge in [-0.05, 0) is 38.5 Å². The molecule has 0 bridgehead atoms. The molecule has 1 aromatic carbocycles. The summed E-state index contributed by atoms with van der Waals surface area (Å²) in [6, 6.07) is 5.37. The standard InChI is InChI=1S/C14H20N2O3S/c1-4-19-13(17)8-20-10(3)14(18)16-12-7-5-6-11(15)9(12)2/h5-7,10H,4,8,15H2,1-3H3,(H,16,18). The average molecular weight is 296 g/mol. The van der Waals surface area contributed by atoms with Gasteiger partial charge >= 0.3 is 5.97 Å². The highest BCUT2D eigenvalue weighted by molar-refractivity contribution is 8.01. The lowest BCUT2D eigenvalue weighted by atomic mass is 10.1. The summed E-state index contributed by atoms with van der Waals surface area (Å²) in [7, 11) is 0. The van der Waals surface area contributed by atoms with E-state index in [0.29, 0.717) is 18.0 Å². The number of rotatable bonds is 6. The maximum atomic E-state index is 12.0. The number of amides is 1. The smallest absolute Gasteiger partial charge is 0.315 e. The van der Waals surface area contributed by atoms with Crippen molar-refractivity contribution in [3.05, 3.63) is 23.8 Å². The summed E-state index contributed by atoms with van der Waals surface area (Å²) in [6.45, 7) is 5.70. The molecule has 0 fully saturated rings. The number of nitrogen functional groups attached to an aromatic ring is 1. The number of anilines is 2. The number of benzene rings is 1. The van der Waals surface area contributed by atoms with Gasteiger partial charge in [0, 0.05) is 11.4 Å². The number of nitrogens with two attached hydrogens (primary N) is 1. The number of carbonyl (C=O) groups excluding carboxylic acids is 2. The Hall–Kier alpha value is -1.69. The van der Waals surface area contributed by atoms with Gasteiger partial charge in [0.1, 0.15) is 0 Å². The lowest BCUT2D eigenvalue weighted by Crippen LogP contribution is -2.24. The van der Waals surface area contributed by atoms with Gasteiger partial charge in [-0.3, -0.25) is 9.59 Å². The van der Waals surface area contributed by atoms with Crippen molar-refractivity contribution in [2.45, 2.75) is 26.0 Å². The molecular weight excluding hydrogens is 276 g/mol. The van der Waals surface area contributed by atoms with Crippen molar-refractivity contribution >= 4 is 35.0 Å². The molecule has 0 radical (unpaired) electrons. The number of carbonyl (C=O) groups is 2. The first kappa shape index (κ1) is 16.4. The third-order valence-corrected chi connectivity index (χ3v) is 3.88. The molecule has 1 unspecified atom stereocenters. The predicted molar refractivity (Wildman–Crippen MR) is 82.8 cm³/mol. The molecule has 110 valence electrons. The summed E-state index contributed by atoms with van der Waals surface area (Å²) in [4.78, 5) is 23.3. The number of nitrogens with one attached hydrogen (secondary N) is 1. The Balaban J connectivity index is 2.53. The van der Waals surface area contributed by atoms with Crippen LogP contribution in [0.1, 0.15) is 19.4 Å². The highest BCUT2D eigenvalue weighted by Gasteiger charge is 2.16. The van der Waals surface area contributed by atoms with Crippen molar-refractivity contribution in [3.8, 4) is 0 Å². The van der Waals surface area contributed by atoms with Crippen molar-refractivity contribution < 1.29 is 14.3 Å². The largest absolute Gasteiger partial charge is 0.465 e. The van der Waals surface area contributed by atoms with Crippen LogP contribution in [0.2, 0.25) is 0 Å². The molecule has 0 saturated carbocycles. The first-order valence-corrected chi connectivity index (χ1v) is 7.43. The van der Waals surface area contributed by atoms with E-state index in [1.807, 2.05) is 6.92 Å². The zero-order chi connectivity index (χ0) is 15.1. The molecule has 6 heteroatoms. The summed E-state index contributed by atoms with van der Waals surface area (Å²) in [6.07, 6.45) is 0. The second-order valence-electron chi connectivity index (χ2n) is 4.27. The van der Waals surface area contributed by atoms with E-state index < -0.39 is 0 Å². The maximum Gasteiger partial charge on any atom is 0.315 e. The topological polar surface area (TPSA) is 81.4 Å². The number of thioether (sulfide) groups is 1. The van der Waals surface area contributed by atoms with E-state index in [9.17, 15) is 9.59 Å². The summed E-state index contributed by atoms with van der Waals surface area (Å²) >= 11 is 1.24. The summed E-state index contributed by atoms with van der Waals surface area (Å²) in [5.74, 6) is -0.302. The van der Waals surface area contributed by atoms with Gasteiger partial charge in [0.25, 0.3) is 0 Å². The Morgan fingerprint density at radius 1 is 1.45 bits per heavy atom. The normalized spacial score (nSPS) is 11.8. The Labute approximate surface area is 123 Å². The Morgan fingerprint density at radius 3 is 2.80 bits per heavy atom. The van der Waals surface area contributed by atoms with E-state index in [4.69, 9.17) is 10.5 Å². The van der Waals surface area contributed by atoms with Gasteiger partial charge in [-0.1, -0.05) is 6.07 Å². The third-order valence-electron chi connectivity index (χ3n) is 2.76. The van der Waals surface area contributed by atoms with Gasteiger partial charge in [-0.2, -0.15) is 0 Å². The molecule has 0 heterocycles. The van der Waals surface area contributed by atoms with Gasteiger partial charge < -0.3 is 15.8 Å². The van der Waals surface area contributed by atoms with E-state index in [-0.39, 0.29) is 22.9 Å². The van der Waals surface area contributed by atoms with E-state index in [0.717, 1.165) is 5.56 Å². The minimum Gasteiger partial charge on any atom is -0.465 e. The molecule has 1 amide bonds. The van der Waals surface area contributed by atoms with Gasteiger partial charge in [-0.25, -0.2) is 0 Å². The van der Waals surface area contributed by atoms with Gasteiger partial charge in [-0.15, -0.1) is 11.8 Å². The third kappa shape index (κ3) is 4.77.